The molecule has 4 rings (SSSR count). The van der Waals surface area contributed by atoms with Crippen LogP contribution in [0, 0.1) is 0 Å². The van der Waals surface area contributed by atoms with E-state index in [9.17, 15) is 18.3 Å². The Hall–Kier alpha value is -2.76. The van der Waals surface area contributed by atoms with Crippen molar-refractivity contribution in [3.8, 4) is 0 Å². The highest BCUT2D eigenvalue weighted by Crippen LogP contribution is 2.28. The van der Waals surface area contributed by atoms with Crippen LogP contribution < -0.4 is 10.0 Å². The molecule has 12 heteroatoms. The summed E-state index contributed by atoms with van der Waals surface area (Å²) in [5.74, 6) is -0.578. The molecule has 0 saturated heterocycles. The molecule has 1 unspecified atom stereocenters. The average Bonchev–Trinajstić information content (AvgIpc) is 3.28. The molecule has 0 fully saturated rings. The van der Waals surface area contributed by atoms with Crippen molar-refractivity contribution >= 4 is 66.4 Å². The molecule has 1 atom stereocenters. The molecule has 0 bridgehead atoms. The van der Waals surface area contributed by atoms with Gasteiger partial charge in [-0.1, -0.05) is 35.3 Å². The van der Waals surface area contributed by atoms with Crippen molar-refractivity contribution in [1.82, 2.24) is 14.7 Å². The molecule has 0 spiro atoms. The predicted molar refractivity (Wildman–Crippen MR) is 133 cm³/mol. The smallest absolute Gasteiger partial charge is 0.280 e. The Morgan fingerprint density at radius 3 is 2.56 bits per heavy atom. The molecule has 2 aromatic carbocycles. The summed E-state index contributed by atoms with van der Waals surface area (Å²) in [4.78, 5) is 17.0. The summed E-state index contributed by atoms with van der Waals surface area (Å²) in [6.07, 6.45) is 3.16. The number of aliphatic hydroxyl groups is 1. The number of anilines is 1. The fourth-order valence-corrected chi connectivity index (χ4v) is 5.52. The third-order valence-electron chi connectivity index (χ3n) is 4.92. The van der Waals surface area contributed by atoms with Crippen molar-refractivity contribution in [3.05, 3.63) is 82.1 Å². The van der Waals surface area contributed by atoms with E-state index in [1.807, 2.05) is 0 Å². The fourth-order valence-electron chi connectivity index (χ4n) is 3.31. The van der Waals surface area contributed by atoms with Gasteiger partial charge in [-0.05, 0) is 59.9 Å². The van der Waals surface area contributed by atoms with Crippen molar-refractivity contribution in [2.45, 2.75) is 17.5 Å². The Kier molecular flexibility index (Phi) is 7.34. The lowest BCUT2D eigenvalue weighted by molar-refractivity contribution is 0.0917. The zero-order valence-electron chi connectivity index (χ0n) is 17.4. The van der Waals surface area contributed by atoms with Gasteiger partial charge < -0.3 is 10.4 Å². The monoisotopic (exact) mass is 536 g/mol. The Morgan fingerprint density at radius 2 is 1.82 bits per heavy atom. The zero-order chi connectivity index (χ0) is 24.3. The Bertz CT molecular complexity index is 1440. The Morgan fingerprint density at radius 1 is 1.09 bits per heavy atom. The van der Waals surface area contributed by atoms with Gasteiger partial charge in [0.1, 0.15) is 0 Å². The maximum atomic E-state index is 13.1. The second kappa shape index (κ2) is 10.2. The fraction of sp³-hybridized carbons (Fsp3) is 0.136. The number of hydrogen-bond donors (Lipinski definition) is 3. The van der Waals surface area contributed by atoms with Crippen molar-refractivity contribution in [3.63, 3.8) is 0 Å². The number of carbonyl (C=O) groups excluding carboxylic acids is 1. The largest absolute Gasteiger partial charge is 0.394 e. The van der Waals surface area contributed by atoms with E-state index < -0.39 is 22.0 Å². The highest BCUT2D eigenvalue weighted by atomic mass is 35.5. The van der Waals surface area contributed by atoms with Gasteiger partial charge >= 0.3 is 0 Å². The molecular weight excluding hydrogens is 519 g/mol. The first-order chi connectivity index (χ1) is 16.3. The molecule has 1 amide bonds. The highest BCUT2D eigenvalue weighted by Gasteiger charge is 2.24. The maximum Gasteiger partial charge on any atom is 0.280 e. The zero-order valence-corrected chi connectivity index (χ0v) is 20.5. The topological polar surface area (TPSA) is 121 Å². The van der Waals surface area contributed by atoms with E-state index in [2.05, 4.69) is 19.4 Å². The number of sulfonamides is 1. The molecule has 8 nitrogen and oxygen atoms in total. The van der Waals surface area contributed by atoms with Crippen LogP contribution in [-0.2, 0) is 16.4 Å². The minimum atomic E-state index is -4.16. The number of aliphatic hydroxyl groups excluding tert-OH is 1. The van der Waals surface area contributed by atoms with Gasteiger partial charge in [-0.15, -0.1) is 0 Å². The summed E-state index contributed by atoms with van der Waals surface area (Å²) in [6.45, 7) is -0.319. The second-order valence-corrected chi connectivity index (χ2v) is 10.6. The van der Waals surface area contributed by atoms with Gasteiger partial charge in [0.2, 0.25) is 0 Å². The lowest BCUT2D eigenvalue weighted by Crippen LogP contribution is -2.39. The molecule has 4 aromatic rings. The molecule has 34 heavy (non-hydrogen) atoms. The van der Waals surface area contributed by atoms with E-state index in [0.29, 0.717) is 21.5 Å². The number of fused-ring (bicyclic) bond motifs is 1. The Balaban J connectivity index is 1.59. The number of amides is 1. The number of nitrogens with zero attached hydrogens (tertiary/aromatic N) is 2. The van der Waals surface area contributed by atoms with Crippen LogP contribution >= 0.6 is 34.7 Å². The van der Waals surface area contributed by atoms with E-state index in [0.717, 1.165) is 17.1 Å². The van der Waals surface area contributed by atoms with Gasteiger partial charge in [0.15, 0.2) is 5.03 Å². The summed E-state index contributed by atoms with van der Waals surface area (Å²) in [5.41, 5.74) is 0.887. The standard InChI is InChI=1S/C22H18Cl2N4O4S2/c23-14-3-1-13(2-4-14)9-16(12-29)27-21(30)17-6-5-15(24)10-19(17)28-34(31,32)22-18-11-26-33-20(18)7-8-25-22/h1-8,10-11,16,28-29H,9,12H2,(H,27,30). The first-order valence-electron chi connectivity index (χ1n) is 9.95. The molecule has 0 aliphatic rings. The van der Waals surface area contributed by atoms with Crippen LogP contribution in [0.1, 0.15) is 15.9 Å². The van der Waals surface area contributed by atoms with Gasteiger partial charge in [0, 0.05) is 16.2 Å². The molecule has 0 saturated carbocycles. The molecule has 2 heterocycles. The summed E-state index contributed by atoms with van der Waals surface area (Å²) in [7, 11) is -4.16. The summed E-state index contributed by atoms with van der Waals surface area (Å²) in [5, 5.41) is 13.5. The quantitative estimate of drug-likeness (QED) is 0.311. The van der Waals surface area contributed by atoms with Crippen molar-refractivity contribution < 1.29 is 18.3 Å². The third-order valence-corrected chi connectivity index (χ3v) is 7.50. The number of carbonyl (C=O) groups is 1. The van der Waals surface area contributed by atoms with E-state index in [4.69, 9.17) is 23.2 Å². The molecule has 3 N–H and O–H groups in total. The number of rotatable bonds is 8. The van der Waals surface area contributed by atoms with Crippen molar-refractivity contribution in [2.24, 2.45) is 0 Å². The lowest BCUT2D eigenvalue weighted by atomic mass is 10.1. The van der Waals surface area contributed by atoms with E-state index in [-0.39, 0.29) is 27.9 Å². The van der Waals surface area contributed by atoms with Crippen LogP contribution in [0.2, 0.25) is 10.0 Å². The average molecular weight is 537 g/mol. The molecule has 176 valence electrons. The first-order valence-corrected chi connectivity index (χ1v) is 13.0. The van der Waals surface area contributed by atoms with Crippen LogP contribution in [0.15, 0.2) is 66.0 Å². The van der Waals surface area contributed by atoms with E-state index in [1.54, 1.807) is 30.3 Å². The van der Waals surface area contributed by atoms with Crippen LogP contribution in [0.4, 0.5) is 5.69 Å². The summed E-state index contributed by atoms with van der Waals surface area (Å²) < 4.78 is 33.3. The van der Waals surface area contributed by atoms with E-state index in [1.165, 1.54) is 30.6 Å². The highest BCUT2D eigenvalue weighted by molar-refractivity contribution is 7.92. The Labute approximate surface area is 209 Å². The van der Waals surface area contributed by atoms with Gasteiger partial charge in [0.05, 0.1) is 40.2 Å². The predicted octanol–water partition coefficient (Wildman–Crippen LogP) is 4.13. The molecular formula is C22H18Cl2N4O4S2. The maximum absolute atomic E-state index is 13.1. The van der Waals surface area contributed by atoms with Crippen LogP contribution in [0.5, 0.6) is 0 Å². The van der Waals surface area contributed by atoms with Gasteiger partial charge in [-0.3, -0.25) is 9.52 Å². The van der Waals surface area contributed by atoms with E-state index >= 15 is 0 Å². The number of benzene rings is 2. The summed E-state index contributed by atoms with van der Waals surface area (Å²) >= 11 is 13.1. The second-order valence-electron chi connectivity index (χ2n) is 7.33. The number of aromatic nitrogens is 2. The number of hydrogen-bond acceptors (Lipinski definition) is 7. The SMILES string of the molecule is O=C(NC(CO)Cc1ccc(Cl)cc1)c1ccc(Cl)cc1NS(=O)(=O)c1nccc2sncc12. The number of halogens is 2. The minimum absolute atomic E-state index is 0.0184. The summed E-state index contributed by atoms with van der Waals surface area (Å²) in [6, 6.07) is 12.3. The number of pyridine rings is 1. The molecule has 0 aliphatic carbocycles. The number of nitrogens with one attached hydrogen (secondary N) is 2. The van der Waals surface area contributed by atoms with Crippen LogP contribution in [-0.4, -0.2) is 41.4 Å². The van der Waals surface area contributed by atoms with Gasteiger partial charge in [-0.25, -0.2) is 4.98 Å². The van der Waals surface area contributed by atoms with Crippen molar-refractivity contribution in [2.75, 3.05) is 11.3 Å². The molecule has 0 aliphatic heterocycles. The van der Waals surface area contributed by atoms with Gasteiger partial charge in [0.25, 0.3) is 15.9 Å². The lowest BCUT2D eigenvalue weighted by Gasteiger charge is -2.18. The van der Waals surface area contributed by atoms with Crippen LogP contribution in [0.3, 0.4) is 0 Å². The molecule has 2 aromatic heterocycles. The van der Waals surface area contributed by atoms with Gasteiger partial charge in [-0.2, -0.15) is 12.8 Å². The molecule has 0 radical (unpaired) electrons. The normalized spacial score (nSPS) is 12.4. The van der Waals surface area contributed by atoms with Crippen LogP contribution in [0.25, 0.3) is 10.1 Å². The first kappa shape index (κ1) is 24.4. The van der Waals surface area contributed by atoms with Crippen molar-refractivity contribution in [1.29, 1.82) is 0 Å². The third kappa shape index (κ3) is 5.48. The minimum Gasteiger partial charge on any atom is -0.394 e.